The number of nitrogens with one attached hydrogen (secondary N) is 1. The van der Waals surface area contributed by atoms with Gasteiger partial charge in [-0.05, 0) is 33.0 Å². The molecule has 0 aromatic heterocycles. The van der Waals surface area contributed by atoms with Crippen molar-refractivity contribution in [1.29, 1.82) is 0 Å². The van der Waals surface area contributed by atoms with Gasteiger partial charge in [-0.2, -0.15) is 0 Å². The molecule has 116 valence electrons. The maximum Gasteiger partial charge on any atom is 0.226 e. The number of amides is 1. The van der Waals surface area contributed by atoms with Gasteiger partial charge in [-0.1, -0.05) is 13.8 Å². The van der Waals surface area contributed by atoms with E-state index in [4.69, 9.17) is 0 Å². The molecule has 0 aromatic carbocycles. The van der Waals surface area contributed by atoms with E-state index in [0.717, 1.165) is 19.6 Å². The first-order chi connectivity index (χ1) is 8.10. The summed E-state index contributed by atoms with van der Waals surface area (Å²) in [6.45, 7) is 8.10. The monoisotopic (exact) mass is 313 g/mol. The van der Waals surface area contributed by atoms with Crippen molar-refractivity contribution >= 4 is 30.7 Å². The molecule has 0 radical (unpaired) electrons. The molecular weight excluding hydrogens is 285 g/mol. The number of carbonyl (C=O) groups excluding carboxylic acids is 1. The molecular formula is C13H29Cl2N3O. The van der Waals surface area contributed by atoms with Gasteiger partial charge in [0.15, 0.2) is 0 Å². The zero-order valence-corrected chi connectivity index (χ0v) is 14.1. The number of hydrogen-bond donors (Lipinski definition) is 1. The molecule has 2 unspecified atom stereocenters. The molecule has 0 spiro atoms. The van der Waals surface area contributed by atoms with Crippen LogP contribution in [0.1, 0.15) is 26.7 Å². The van der Waals surface area contributed by atoms with Crippen LogP contribution in [0.25, 0.3) is 0 Å². The van der Waals surface area contributed by atoms with Crippen LogP contribution in [0, 0.1) is 5.92 Å². The average molecular weight is 314 g/mol. The smallest absolute Gasteiger partial charge is 0.226 e. The van der Waals surface area contributed by atoms with Crippen molar-refractivity contribution in [3.05, 3.63) is 0 Å². The molecule has 1 amide bonds. The maximum atomic E-state index is 12.1. The second-order valence-corrected chi connectivity index (χ2v) is 5.10. The average Bonchev–Trinajstić information content (AvgIpc) is 2.75. The largest absolute Gasteiger partial charge is 0.344 e. The van der Waals surface area contributed by atoms with Crippen molar-refractivity contribution in [3.63, 3.8) is 0 Å². The number of likely N-dealkylation sites (N-methyl/N-ethyl adjacent to an activating group) is 2. The highest BCUT2D eigenvalue weighted by molar-refractivity contribution is 5.85. The second kappa shape index (κ2) is 10.7. The molecule has 1 aliphatic rings. The molecule has 0 aliphatic carbocycles. The van der Waals surface area contributed by atoms with Crippen molar-refractivity contribution in [3.8, 4) is 0 Å². The van der Waals surface area contributed by atoms with E-state index in [9.17, 15) is 4.79 Å². The van der Waals surface area contributed by atoms with E-state index in [0.29, 0.717) is 6.04 Å². The molecule has 1 N–H and O–H groups in total. The van der Waals surface area contributed by atoms with Crippen LogP contribution < -0.4 is 5.32 Å². The van der Waals surface area contributed by atoms with Crippen LogP contribution in [-0.2, 0) is 4.79 Å². The fourth-order valence-corrected chi connectivity index (χ4v) is 2.69. The molecule has 2 atom stereocenters. The summed E-state index contributed by atoms with van der Waals surface area (Å²) in [5, 5.41) is 3.06. The molecule has 1 rings (SSSR count). The fraction of sp³-hybridized carbons (Fsp3) is 0.923. The molecule has 4 nitrogen and oxygen atoms in total. The molecule has 1 fully saturated rings. The Morgan fingerprint density at radius 2 is 2.11 bits per heavy atom. The molecule has 6 heteroatoms. The molecule has 1 saturated heterocycles. The number of hydrogen-bond acceptors (Lipinski definition) is 3. The highest BCUT2D eigenvalue weighted by Gasteiger charge is 2.26. The van der Waals surface area contributed by atoms with Crippen molar-refractivity contribution in [1.82, 2.24) is 15.1 Å². The third-order valence-electron chi connectivity index (χ3n) is 3.70. The first kappa shape index (κ1) is 21.3. The van der Waals surface area contributed by atoms with E-state index in [-0.39, 0.29) is 36.6 Å². The second-order valence-electron chi connectivity index (χ2n) is 5.10. The number of rotatable bonds is 6. The molecule has 1 aliphatic heterocycles. The molecule has 0 saturated carbocycles. The van der Waals surface area contributed by atoms with Gasteiger partial charge in [-0.25, -0.2) is 0 Å². The standard InChI is InChI=1S/C13H27N3O.2ClH/c1-5-16-8-6-7-12(16)10-15(4)13(17)11(2)9-14-3;;/h11-12,14H,5-10H2,1-4H3;2*1H. The lowest BCUT2D eigenvalue weighted by Crippen LogP contribution is -2.44. The summed E-state index contributed by atoms with van der Waals surface area (Å²) in [6.07, 6.45) is 2.50. The predicted octanol–water partition coefficient (Wildman–Crippen LogP) is 1.63. The van der Waals surface area contributed by atoms with E-state index in [1.807, 2.05) is 25.9 Å². The molecule has 19 heavy (non-hydrogen) atoms. The summed E-state index contributed by atoms with van der Waals surface area (Å²) in [6, 6.07) is 0.565. The van der Waals surface area contributed by atoms with E-state index in [1.54, 1.807) is 0 Å². The van der Waals surface area contributed by atoms with Gasteiger partial charge in [-0.15, -0.1) is 24.8 Å². The van der Waals surface area contributed by atoms with Gasteiger partial charge in [-0.3, -0.25) is 9.69 Å². The van der Waals surface area contributed by atoms with Crippen molar-refractivity contribution in [2.45, 2.75) is 32.7 Å². The van der Waals surface area contributed by atoms with Gasteiger partial charge < -0.3 is 10.2 Å². The van der Waals surface area contributed by atoms with Crippen LogP contribution in [0.15, 0.2) is 0 Å². The summed E-state index contributed by atoms with van der Waals surface area (Å²) in [7, 11) is 3.82. The summed E-state index contributed by atoms with van der Waals surface area (Å²) in [4.78, 5) is 16.5. The summed E-state index contributed by atoms with van der Waals surface area (Å²) in [5.41, 5.74) is 0. The highest BCUT2D eigenvalue weighted by Crippen LogP contribution is 2.17. The Bertz CT molecular complexity index is 254. The van der Waals surface area contributed by atoms with Gasteiger partial charge in [0.1, 0.15) is 0 Å². The Hall–Kier alpha value is -0.0300. The Labute approximate surface area is 130 Å². The number of nitrogens with zero attached hydrogens (tertiary/aromatic N) is 2. The first-order valence-electron chi connectivity index (χ1n) is 6.73. The Kier molecular flexibility index (Phi) is 12.0. The van der Waals surface area contributed by atoms with Gasteiger partial charge in [0, 0.05) is 32.1 Å². The van der Waals surface area contributed by atoms with Crippen molar-refractivity contribution < 1.29 is 4.79 Å². The lowest BCUT2D eigenvalue weighted by molar-refractivity contribution is -0.134. The van der Waals surface area contributed by atoms with Gasteiger partial charge in [0.05, 0.1) is 0 Å². The van der Waals surface area contributed by atoms with Crippen LogP contribution in [0.5, 0.6) is 0 Å². The molecule has 1 heterocycles. The quantitative estimate of drug-likeness (QED) is 0.809. The lowest BCUT2D eigenvalue weighted by atomic mass is 10.1. The maximum absolute atomic E-state index is 12.1. The van der Waals surface area contributed by atoms with E-state index in [1.165, 1.54) is 19.4 Å². The first-order valence-corrected chi connectivity index (χ1v) is 6.73. The third-order valence-corrected chi connectivity index (χ3v) is 3.70. The molecule has 0 aromatic rings. The zero-order valence-electron chi connectivity index (χ0n) is 12.5. The number of halogens is 2. The van der Waals surface area contributed by atoms with Crippen LogP contribution in [0.4, 0.5) is 0 Å². The van der Waals surface area contributed by atoms with Gasteiger partial charge >= 0.3 is 0 Å². The Morgan fingerprint density at radius 1 is 1.47 bits per heavy atom. The minimum atomic E-state index is 0. The van der Waals surface area contributed by atoms with Crippen LogP contribution in [0.2, 0.25) is 0 Å². The van der Waals surface area contributed by atoms with Crippen molar-refractivity contribution in [2.24, 2.45) is 5.92 Å². The SMILES string of the molecule is CCN1CCCC1CN(C)C(=O)C(C)CNC.Cl.Cl. The summed E-state index contributed by atoms with van der Waals surface area (Å²) in [5.74, 6) is 0.323. The lowest BCUT2D eigenvalue weighted by Gasteiger charge is -2.29. The van der Waals surface area contributed by atoms with Crippen LogP contribution >= 0.6 is 24.8 Å². The minimum absolute atomic E-state index is 0. The van der Waals surface area contributed by atoms with Gasteiger partial charge in [0.2, 0.25) is 5.91 Å². The molecule has 0 bridgehead atoms. The van der Waals surface area contributed by atoms with Crippen molar-refractivity contribution in [2.75, 3.05) is 40.3 Å². The normalized spacial score (nSPS) is 20.3. The highest BCUT2D eigenvalue weighted by atomic mass is 35.5. The van der Waals surface area contributed by atoms with Crippen LogP contribution in [-0.4, -0.2) is 62.0 Å². The van der Waals surface area contributed by atoms with Gasteiger partial charge in [0.25, 0.3) is 0 Å². The predicted molar refractivity (Wildman–Crippen MR) is 85.5 cm³/mol. The minimum Gasteiger partial charge on any atom is -0.344 e. The van der Waals surface area contributed by atoms with E-state index in [2.05, 4.69) is 17.1 Å². The zero-order chi connectivity index (χ0) is 12.8. The summed E-state index contributed by atoms with van der Waals surface area (Å²) >= 11 is 0. The third kappa shape index (κ3) is 6.30. The van der Waals surface area contributed by atoms with Crippen LogP contribution in [0.3, 0.4) is 0 Å². The number of carbonyl (C=O) groups is 1. The summed E-state index contributed by atoms with van der Waals surface area (Å²) < 4.78 is 0. The Morgan fingerprint density at radius 3 is 2.63 bits per heavy atom. The van der Waals surface area contributed by atoms with E-state index < -0.39 is 0 Å². The topological polar surface area (TPSA) is 35.6 Å². The number of likely N-dealkylation sites (tertiary alicyclic amines) is 1. The fourth-order valence-electron chi connectivity index (χ4n) is 2.69. The van der Waals surface area contributed by atoms with E-state index >= 15 is 0 Å². The Balaban J connectivity index is 0.